The largest absolute Gasteiger partial charge is 0.356 e. The molecule has 1 atom stereocenters. The number of unbranched alkanes of at least 4 members (excludes halogenated alkanes) is 3. The molecule has 0 aromatic rings. The molecule has 4 N–H and O–H groups in total. The summed E-state index contributed by atoms with van der Waals surface area (Å²) in [5, 5.41) is 6.54. The molecule has 1 saturated carbocycles. The summed E-state index contributed by atoms with van der Waals surface area (Å²) in [6.45, 7) is 5.67. The normalized spacial score (nSPS) is 22.7. The Labute approximate surface area is 177 Å². The van der Waals surface area contributed by atoms with Crippen molar-refractivity contribution < 1.29 is 9.59 Å². The third kappa shape index (κ3) is 6.95. The molecule has 0 radical (unpaired) electrons. The first-order valence-corrected chi connectivity index (χ1v) is 12.2. The molecule has 1 heterocycles. The summed E-state index contributed by atoms with van der Waals surface area (Å²) in [6, 6.07) is 0. The summed E-state index contributed by atoms with van der Waals surface area (Å²) in [5.74, 6) is 0.600. The predicted octanol–water partition coefficient (Wildman–Crippen LogP) is 3.65. The number of carbonyl (C=O) groups excluding carboxylic acids is 2. The van der Waals surface area contributed by atoms with E-state index in [4.69, 9.17) is 5.73 Å². The van der Waals surface area contributed by atoms with Gasteiger partial charge in [-0.25, -0.2) is 0 Å². The number of amides is 2. The van der Waals surface area contributed by atoms with Gasteiger partial charge in [-0.3, -0.25) is 20.6 Å². The van der Waals surface area contributed by atoms with E-state index >= 15 is 0 Å². The molecule has 2 aliphatic rings. The van der Waals surface area contributed by atoms with Crippen LogP contribution in [0.2, 0.25) is 0 Å². The Morgan fingerprint density at radius 2 is 1.69 bits per heavy atom. The van der Waals surface area contributed by atoms with Crippen LogP contribution in [0.4, 0.5) is 0 Å². The quantitative estimate of drug-likeness (QED) is 0.340. The Morgan fingerprint density at radius 1 is 1.07 bits per heavy atom. The third-order valence-corrected chi connectivity index (χ3v) is 6.70. The summed E-state index contributed by atoms with van der Waals surface area (Å²) >= 11 is 0. The lowest BCUT2D eigenvalue weighted by molar-refractivity contribution is -0.134. The smallest absolute Gasteiger partial charge is 0.245 e. The van der Waals surface area contributed by atoms with Gasteiger partial charge in [0.2, 0.25) is 11.8 Å². The Morgan fingerprint density at radius 3 is 2.28 bits per heavy atom. The number of nitrogens with two attached hydrogens (primary N) is 1. The van der Waals surface area contributed by atoms with Gasteiger partial charge in [0.15, 0.2) is 0 Å². The van der Waals surface area contributed by atoms with Crippen LogP contribution >= 0.6 is 0 Å². The van der Waals surface area contributed by atoms with Gasteiger partial charge in [0.1, 0.15) is 11.8 Å². The van der Waals surface area contributed by atoms with Crippen molar-refractivity contribution in [3.63, 3.8) is 0 Å². The summed E-state index contributed by atoms with van der Waals surface area (Å²) in [7, 11) is 0. The minimum absolute atomic E-state index is 0.175. The molecule has 2 fully saturated rings. The molecule has 2 amide bonds. The molecule has 2 rings (SSSR count). The van der Waals surface area contributed by atoms with Crippen molar-refractivity contribution in [3.05, 3.63) is 0 Å². The summed E-state index contributed by atoms with van der Waals surface area (Å²) in [6.07, 6.45) is 14.3. The van der Waals surface area contributed by atoms with Gasteiger partial charge >= 0.3 is 0 Å². The molecule has 6 heteroatoms. The van der Waals surface area contributed by atoms with Gasteiger partial charge in [0.05, 0.1) is 0 Å². The molecule has 6 nitrogen and oxygen atoms in total. The van der Waals surface area contributed by atoms with Crippen molar-refractivity contribution in [2.75, 3.05) is 13.1 Å². The summed E-state index contributed by atoms with van der Waals surface area (Å²) in [4.78, 5) is 27.3. The Bertz CT molecular complexity index is 495. The Balaban J connectivity index is 1.74. The van der Waals surface area contributed by atoms with E-state index in [0.717, 1.165) is 64.2 Å². The van der Waals surface area contributed by atoms with Crippen molar-refractivity contribution in [2.24, 2.45) is 11.7 Å². The van der Waals surface area contributed by atoms with Crippen LogP contribution in [-0.2, 0) is 9.59 Å². The van der Waals surface area contributed by atoms with E-state index in [0.29, 0.717) is 13.1 Å². The van der Waals surface area contributed by atoms with Crippen LogP contribution in [0.25, 0.3) is 0 Å². The van der Waals surface area contributed by atoms with Crippen molar-refractivity contribution in [2.45, 2.75) is 116 Å². The lowest BCUT2D eigenvalue weighted by Crippen LogP contribution is -2.49. The van der Waals surface area contributed by atoms with Crippen LogP contribution in [0.1, 0.15) is 104 Å². The molecule has 0 bridgehead atoms. The number of rotatable bonds is 12. The number of hydrogen-bond acceptors (Lipinski definition) is 4. The summed E-state index contributed by atoms with van der Waals surface area (Å²) < 4.78 is 0. The maximum absolute atomic E-state index is 13.2. The zero-order valence-electron chi connectivity index (χ0n) is 18.8. The topological polar surface area (TPSA) is 87.5 Å². The van der Waals surface area contributed by atoms with Crippen molar-refractivity contribution >= 4 is 11.8 Å². The highest BCUT2D eigenvalue weighted by molar-refractivity contribution is 5.88. The maximum Gasteiger partial charge on any atom is 0.245 e. The van der Waals surface area contributed by atoms with Crippen LogP contribution in [0, 0.1) is 5.92 Å². The number of carbonyl (C=O) groups is 2. The Kier molecular flexibility index (Phi) is 10.4. The highest BCUT2D eigenvalue weighted by Crippen LogP contribution is 2.30. The average molecular weight is 409 g/mol. The van der Waals surface area contributed by atoms with Gasteiger partial charge in [-0.15, -0.1) is 0 Å². The standard InChI is InChI=1S/C23H44N4O2/c1-3-5-15-23(16-6-4-2)21(29)27(22(24)26-23)18-12-11-17-25-20(28)19-13-9-7-8-10-14-19/h19,22,26H,3-18,24H2,1-2H3,(H,25,28). The highest BCUT2D eigenvalue weighted by Gasteiger charge is 2.48. The van der Waals surface area contributed by atoms with Gasteiger partial charge in [-0.2, -0.15) is 0 Å². The molecule has 1 unspecified atom stereocenters. The van der Waals surface area contributed by atoms with Crippen LogP contribution in [-0.4, -0.2) is 41.6 Å². The Hall–Kier alpha value is -1.14. The molecule has 1 aliphatic carbocycles. The van der Waals surface area contributed by atoms with Gasteiger partial charge in [-0.05, 0) is 38.5 Å². The highest BCUT2D eigenvalue weighted by atomic mass is 16.2. The van der Waals surface area contributed by atoms with E-state index in [2.05, 4.69) is 24.5 Å². The molecule has 29 heavy (non-hydrogen) atoms. The van der Waals surface area contributed by atoms with E-state index in [1.165, 1.54) is 25.7 Å². The minimum atomic E-state index is -0.473. The van der Waals surface area contributed by atoms with E-state index in [1.54, 1.807) is 0 Å². The van der Waals surface area contributed by atoms with Crippen molar-refractivity contribution in [1.82, 2.24) is 15.5 Å². The third-order valence-electron chi connectivity index (χ3n) is 6.70. The van der Waals surface area contributed by atoms with Crippen molar-refractivity contribution in [3.8, 4) is 0 Å². The second-order valence-electron chi connectivity index (χ2n) is 9.06. The second-order valence-corrected chi connectivity index (χ2v) is 9.06. The number of nitrogens with zero attached hydrogens (tertiary/aromatic N) is 1. The lowest BCUT2D eigenvalue weighted by atomic mass is 9.87. The first-order chi connectivity index (χ1) is 14.0. The van der Waals surface area contributed by atoms with Gasteiger partial charge in [-0.1, -0.05) is 65.2 Å². The van der Waals surface area contributed by atoms with Crippen LogP contribution in [0.3, 0.4) is 0 Å². The zero-order valence-corrected chi connectivity index (χ0v) is 18.8. The van der Waals surface area contributed by atoms with Gasteiger partial charge < -0.3 is 10.2 Å². The molecule has 168 valence electrons. The number of hydrogen-bond donors (Lipinski definition) is 3. The molecule has 0 aromatic heterocycles. The molecule has 1 aliphatic heterocycles. The fraction of sp³-hybridized carbons (Fsp3) is 0.913. The van der Waals surface area contributed by atoms with Crippen LogP contribution < -0.4 is 16.4 Å². The average Bonchev–Trinajstić information content (AvgIpc) is 2.91. The van der Waals surface area contributed by atoms with E-state index in [-0.39, 0.29) is 17.7 Å². The molecular formula is C23H44N4O2. The van der Waals surface area contributed by atoms with Crippen LogP contribution in [0.15, 0.2) is 0 Å². The predicted molar refractivity (Wildman–Crippen MR) is 118 cm³/mol. The van der Waals surface area contributed by atoms with Gasteiger partial charge in [0.25, 0.3) is 0 Å². The van der Waals surface area contributed by atoms with E-state index < -0.39 is 11.8 Å². The molecule has 0 spiro atoms. The maximum atomic E-state index is 13.2. The van der Waals surface area contributed by atoms with E-state index in [9.17, 15) is 9.59 Å². The fourth-order valence-electron chi connectivity index (χ4n) is 4.81. The SMILES string of the molecule is CCCCC1(CCCC)NC(N)N(CCCCNC(=O)C2CCCCCC2)C1=O. The molecule has 1 saturated heterocycles. The molecule has 0 aromatic carbocycles. The molecular weight excluding hydrogens is 364 g/mol. The second kappa shape index (κ2) is 12.5. The van der Waals surface area contributed by atoms with Crippen LogP contribution in [0.5, 0.6) is 0 Å². The first kappa shape index (κ1) is 24.1. The minimum Gasteiger partial charge on any atom is -0.356 e. The summed E-state index contributed by atoms with van der Waals surface area (Å²) in [5.41, 5.74) is 5.81. The van der Waals surface area contributed by atoms with Crippen molar-refractivity contribution in [1.29, 1.82) is 0 Å². The fourth-order valence-corrected chi connectivity index (χ4v) is 4.81. The lowest BCUT2D eigenvalue weighted by Gasteiger charge is -2.27. The monoisotopic (exact) mass is 408 g/mol. The zero-order chi connectivity index (χ0) is 21.1. The van der Waals surface area contributed by atoms with E-state index in [1.807, 2.05) is 4.90 Å². The van der Waals surface area contributed by atoms with Gasteiger partial charge in [0, 0.05) is 19.0 Å². The number of nitrogens with one attached hydrogen (secondary N) is 2. The first-order valence-electron chi connectivity index (χ1n) is 12.2.